The van der Waals surface area contributed by atoms with Gasteiger partial charge in [-0.25, -0.2) is 0 Å². The van der Waals surface area contributed by atoms with Crippen LogP contribution in [0.25, 0.3) is 0 Å². The topological polar surface area (TPSA) is 70.2 Å². The number of amides is 2. The molecule has 24 heavy (non-hydrogen) atoms. The normalized spacial score (nSPS) is 14.0. The molecule has 0 saturated heterocycles. The molecular weight excluding hydrogens is 302 g/mol. The van der Waals surface area contributed by atoms with Crippen molar-refractivity contribution < 1.29 is 9.59 Å². The molecule has 3 N–H and O–H groups in total. The van der Waals surface area contributed by atoms with E-state index in [2.05, 4.69) is 22.0 Å². The molecule has 0 heterocycles. The standard InChI is InChI=1S/C19H27N3O2/c1-15(23)21-17-8-5-9-18(14-17)22-19(24)11-13-20-12-10-16-6-3-2-4-7-16/h5-6,8-9,14,20H,2-4,7,10-13H2,1H3,(H,21,23)(H,22,24). The predicted molar refractivity (Wildman–Crippen MR) is 98.0 cm³/mol. The highest BCUT2D eigenvalue weighted by Gasteiger charge is 2.05. The summed E-state index contributed by atoms with van der Waals surface area (Å²) >= 11 is 0. The van der Waals surface area contributed by atoms with Crippen LogP contribution in [0.1, 0.15) is 45.4 Å². The van der Waals surface area contributed by atoms with Crippen LogP contribution in [0, 0.1) is 0 Å². The zero-order valence-electron chi connectivity index (χ0n) is 14.4. The van der Waals surface area contributed by atoms with Crippen LogP contribution in [0.15, 0.2) is 35.9 Å². The summed E-state index contributed by atoms with van der Waals surface area (Å²) in [5, 5.41) is 8.88. The second-order valence-electron chi connectivity index (χ2n) is 6.17. The van der Waals surface area contributed by atoms with Crippen molar-refractivity contribution in [3.8, 4) is 0 Å². The van der Waals surface area contributed by atoms with E-state index in [1.54, 1.807) is 23.8 Å². The van der Waals surface area contributed by atoms with E-state index in [1.165, 1.54) is 32.6 Å². The molecule has 1 aliphatic carbocycles. The molecule has 2 amide bonds. The van der Waals surface area contributed by atoms with Crippen LogP contribution in [-0.2, 0) is 9.59 Å². The van der Waals surface area contributed by atoms with Gasteiger partial charge in [-0.15, -0.1) is 0 Å². The maximum atomic E-state index is 12.0. The predicted octanol–water partition coefficient (Wildman–Crippen LogP) is 3.45. The van der Waals surface area contributed by atoms with Crippen LogP contribution in [-0.4, -0.2) is 24.9 Å². The second kappa shape index (κ2) is 9.88. The van der Waals surface area contributed by atoms with Gasteiger partial charge in [-0.2, -0.15) is 0 Å². The van der Waals surface area contributed by atoms with Gasteiger partial charge in [-0.1, -0.05) is 17.7 Å². The first kappa shape index (κ1) is 18.2. The monoisotopic (exact) mass is 329 g/mol. The van der Waals surface area contributed by atoms with Crippen LogP contribution in [0.2, 0.25) is 0 Å². The number of benzene rings is 1. The van der Waals surface area contributed by atoms with Gasteiger partial charge in [0.25, 0.3) is 0 Å². The molecule has 2 rings (SSSR count). The van der Waals surface area contributed by atoms with Gasteiger partial charge in [0, 0.05) is 31.3 Å². The Labute approximate surface area is 143 Å². The quantitative estimate of drug-likeness (QED) is 0.505. The molecule has 1 aliphatic rings. The lowest BCUT2D eigenvalue weighted by Gasteiger charge is -2.13. The smallest absolute Gasteiger partial charge is 0.225 e. The van der Waals surface area contributed by atoms with Crippen molar-refractivity contribution in [3.05, 3.63) is 35.9 Å². The Balaban J connectivity index is 1.64. The third-order valence-corrected chi connectivity index (χ3v) is 4.00. The molecule has 1 aromatic rings. The van der Waals surface area contributed by atoms with E-state index in [9.17, 15) is 9.59 Å². The molecule has 0 saturated carbocycles. The van der Waals surface area contributed by atoms with Gasteiger partial charge < -0.3 is 16.0 Å². The summed E-state index contributed by atoms with van der Waals surface area (Å²) in [5.41, 5.74) is 2.92. The van der Waals surface area contributed by atoms with Crippen molar-refractivity contribution in [1.29, 1.82) is 0 Å². The van der Waals surface area contributed by atoms with Gasteiger partial charge in [0.05, 0.1) is 0 Å². The summed E-state index contributed by atoms with van der Waals surface area (Å²) in [6.07, 6.45) is 8.96. The molecule has 0 radical (unpaired) electrons. The van der Waals surface area contributed by atoms with Gasteiger partial charge in [-0.3, -0.25) is 9.59 Å². The van der Waals surface area contributed by atoms with Crippen molar-refractivity contribution in [3.63, 3.8) is 0 Å². The number of anilines is 2. The van der Waals surface area contributed by atoms with E-state index < -0.39 is 0 Å². The highest BCUT2D eigenvalue weighted by molar-refractivity contribution is 5.93. The number of nitrogens with one attached hydrogen (secondary N) is 3. The Kier molecular flexibility index (Phi) is 7.49. The molecule has 0 aliphatic heterocycles. The van der Waals surface area contributed by atoms with Crippen LogP contribution in [0.3, 0.4) is 0 Å². The van der Waals surface area contributed by atoms with E-state index in [4.69, 9.17) is 0 Å². The fourth-order valence-corrected chi connectivity index (χ4v) is 2.81. The third-order valence-electron chi connectivity index (χ3n) is 4.00. The van der Waals surface area contributed by atoms with Gasteiger partial charge in [0.15, 0.2) is 0 Å². The van der Waals surface area contributed by atoms with Crippen molar-refractivity contribution in [1.82, 2.24) is 5.32 Å². The molecule has 0 unspecified atom stereocenters. The Morgan fingerprint density at radius 3 is 2.58 bits per heavy atom. The van der Waals surface area contributed by atoms with Crippen molar-refractivity contribution in [2.75, 3.05) is 23.7 Å². The molecule has 130 valence electrons. The fourth-order valence-electron chi connectivity index (χ4n) is 2.81. The number of rotatable bonds is 8. The van der Waals surface area contributed by atoms with Gasteiger partial charge in [0.1, 0.15) is 0 Å². The number of carbonyl (C=O) groups is 2. The number of hydrogen-bond acceptors (Lipinski definition) is 3. The summed E-state index contributed by atoms with van der Waals surface area (Å²) in [6, 6.07) is 7.16. The summed E-state index contributed by atoms with van der Waals surface area (Å²) in [4.78, 5) is 23.0. The Bertz CT molecular complexity index is 596. The minimum atomic E-state index is -0.129. The van der Waals surface area contributed by atoms with E-state index in [1.807, 2.05) is 6.07 Å². The minimum absolute atomic E-state index is 0.0284. The summed E-state index contributed by atoms with van der Waals surface area (Å²) < 4.78 is 0. The number of carbonyl (C=O) groups excluding carboxylic acids is 2. The molecule has 0 spiro atoms. The summed E-state index contributed by atoms with van der Waals surface area (Å²) in [7, 11) is 0. The Hall–Kier alpha value is -2.14. The van der Waals surface area contributed by atoms with E-state index in [0.29, 0.717) is 24.3 Å². The zero-order valence-corrected chi connectivity index (χ0v) is 14.4. The van der Waals surface area contributed by atoms with Crippen molar-refractivity contribution in [2.24, 2.45) is 0 Å². The first-order valence-electron chi connectivity index (χ1n) is 8.69. The molecule has 5 nitrogen and oxygen atoms in total. The van der Waals surface area contributed by atoms with Gasteiger partial charge in [-0.05, 0) is 56.8 Å². The summed E-state index contributed by atoms with van der Waals surface area (Å²) in [5.74, 6) is -0.157. The Morgan fingerprint density at radius 1 is 1.08 bits per heavy atom. The second-order valence-corrected chi connectivity index (χ2v) is 6.17. The van der Waals surface area contributed by atoms with Crippen LogP contribution in [0.4, 0.5) is 11.4 Å². The first-order valence-corrected chi connectivity index (χ1v) is 8.69. The van der Waals surface area contributed by atoms with Crippen molar-refractivity contribution in [2.45, 2.75) is 45.4 Å². The van der Waals surface area contributed by atoms with Crippen LogP contribution in [0.5, 0.6) is 0 Å². The number of hydrogen-bond donors (Lipinski definition) is 3. The average Bonchev–Trinajstić information content (AvgIpc) is 2.55. The lowest BCUT2D eigenvalue weighted by Crippen LogP contribution is -2.23. The molecule has 0 aromatic heterocycles. The fraction of sp³-hybridized carbons (Fsp3) is 0.474. The molecule has 1 aromatic carbocycles. The molecule has 0 fully saturated rings. The average molecular weight is 329 g/mol. The largest absolute Gasteiger partial charge is 0.326 e. The first-order chi connectivity index (χ1) is 11.6. The molecule has 5 heteroatoms. The maximum absolute atomic E-state index is 12.0. The lowest BCUT2D eigenvalue weighted by molar-refractivity contribution is -0.116. The Morgan fingerprint density at radius 2 is 1.88 bits per heavy atom. The highest BCUT2D eigenvalue weighted by atomic mass is 16.2. The van der Waals surface area contributed by atoms with Crippen LogP contribution < -0.4 is 16.0 Å². The van der Waals surface area contributed by atoms with Crippen molar-refractivity contribution >= 4 is 23.2 Å². The zero-order chi connectivity index (χ0) is 17.2. The van der Waals surface area contributed by atoms with Gasteiger partial charge in [0.2, 0.25) is 11.8 Å². The lowest BCUT2D eigenvalue weighted by atomic mass is 9.97. The molecular formula is C19H27N3O2. The highest BCUT2D eigenvalue weighted by Crippen LogP contribution is 2.19. The molecule has 0 bridgehead atoms. The third kappa shape index (κ3) is 6.96. The minimum Gasteiger partial charge on any atom is -0.326 e. The van der Waals surface area contributed by atoms with E-state index >= 15 is 0 Å². The van der Waals surface area contributed by atoms with Gasteiger partial charge >= 0.3 is 0 Å². The number of allylic oxidation sites excluding steroid dienone is 1. The maximum Gasteiger partial charge on any atom is 0.225 e. The van der Waals surface area contributed by atoms with E-state index in [0.717, 1.165) is 13.0 Å². The van der Waals surface area contributed by atoms with E-state index in [-0.39, 0.29) is 11.8 Å². The molecule has 0 atom stereocenters. The summed E-state index contributed by atoms with van der Waals surface area (Å²) in [6.45, 7) is 3.06. The van der Waals surface area contributed by atoms with Crippen LogP contribution >= 0.6 is 0 Å². The SMILES string of the molecule is CC(=O)Nc1cccc(NC(=O)CCNCCC2=CCCCC2)c1.